The second-order valence-corrected chi connectivity index (χ2v) is 5.63. The first-order valence-electron chi connectivity index (χ1n) is 6.05. The SMILES string of the molecule is CC(C)n1c(Sc2ccc([C@H](C)N)nc2)n[nH]c1=O. The van der Waals surface area contributed by atoms with Crippen LogP contribution in [-0.2, 0) is 0 Å². The lowest BCUT2D eigenvalue weighted by molar-refractivity contribution is 0.534. The molecule has 3 N–H and O–H groups in total. The summed E-state index contributed by atoms with van der Waals surface area (Å²) >= 11 is 1.40. The lowest BCUT2D eigenvalue weighted by Crippen LogP contribution is -2.19. The molecule has 19 heavy (non-hydrogen) atoms. The van der Waals surface area contributed by atoms with E-state index in [1.807, 2.05) is 32.9 Å². The highest BCUT2D eigenvalue weighted by atomic mass is 32.2. The van der Waals surface area contributed by atoms with Crippen molar-refractivity contribution in [2.45, 2.75) is 42.9 Å². The van der Waals surface area contributed by atoms with Gasteiger partial charge in [0.05, 0.1) is 5.69 Å². The minimum atomic E-state index is -0.197. The van der Waals surface area contributed by atoms with Crippen LogP contribution in [-0.4, -0.2) is 19.7 Å². The van der Waals surface area contributed by atoms with Gasteiger partial charge in [-0.1, -0.05) is 0 Å². The first-order chi connectivity index (χ1) is 8.99. The Morgan fingerprint density at radius 1 is 1.37 bits per heavy atom. The van der Waals surface area contributed by atoms with Gasteiger partial charge < -0.3 is 5.73 Å². The van der Waals surface area contributed by atoms with Gasteiger partial charge in [0.15, 0.2) is 5.16 Å². The fourth-order valence-electron chi connectivity index (χ4n) is 1.64. The van der Waals surface area contributed by atoms with E-state index >= 15 is 0 Å². The van der Waals surface area contributed by atoms with E-state index in [1.54, 1.807) is 10.8 Å². The van der Waals surface area contributed by atoms with Crippen molar-refractivity contribution in [3.05, 3.63) is 34.5 Å². The number of hydrogen-bond acceptors (Lipinski definition) is 5. The van der Waals surface area contributed by atoms with Crippen molar-refractivity contribution in [2.75, 3.05) is 0 Å². The Balaban J connectivity index is 2.24. The number of aromatic amines is 1. The Morgan fingerprint density at radius 3 is 2.63 bits per heavy atom. The second kappa shape index (κ2) is 5.58. The summed E-state index contributed by atoms with van der Waals surface area (Å²) in [7, 11) is 0. The summed E-state index contributed by atoms with van der Waals surface area (Å²) in [6, 6.07) is 3.79. The Bertz CT molecular complexity index is 599. The molecule has 6 nitrogen and oxygen atoms in total. The number of nitrogens with zero attached hydrogens (tertiary/aromatic N) is 3. The Hall–Kier alpha value is -1.60. The maximum absolute atomic E-state index is 11.6. The molecule has 1 atom stereocenters. The molecule has 2 rings (SSSR count). The molecule has 0 amide bonds. The highest BCUT2D eigenvalue weighted by Crippen LogP contribution is 2.26. The molecule has 0 aromatic carbocycles. The Labute approximate surface area is 115 Å². The topological polar surface area (TPSA) is 89.6 Å². The number of pyridine rings is 1. The Morgan fingerprint density at radius 2 is 2.11 bits per heavy atom. The smallest absolute Gasteiger partial charge is 0.323 e. The lowest BCUT2D eigenvalue weighted by atomic mass is 10.2. The first kappa shape index (κ1) is 13.8. The lowest BCUT2D eigenvalue weighted by Gasteiger charge is -2.09. The van der Waals surface area contributed by atoms with Crippen molar-refractivity contribution in [1.82, 2.24) is 19.7 Å². The van der Waals surface area contributed by atoms with Crippen molar-refractivity contribution in [2.24, 2.45) is 5.73 Å². The van der Waals surface area contributed by atoms with Crippen LogP contribution in [0.3, 0.4) is 0 Å². The molecule has 0 aliphatic heterocycles. The number of rotatable bonds is 4. The van der Waals surface area contributed by atoms with E-state index in [1.165, 1.54) is 11.8 Å². The van der Waals surface area contributed by atoms with Crippen LogP contribution in [0.1, 0.15) is 38.5 Å². The standard InChI is InChI=1S/C12H17N5OS/c1-7(2)17-11(18)15-16-12(17)19-9-4-5-10(8(3)13)14-6-9/h4-8H,13H2,1-3H3,(H,15,18)/t8-/m0/s1. The van der Waals surface area contributed by atoms with Gasteiger partial charge in [-0.05, 0) is 44.7 Å². The highest BCUT2D eigenvalue weighted by Gasteiger charge is 2.13. The predicted octanol–water partition coefficient (Wildman–Crippen LogP) is 1.72. The van der Waals surface area contributed by atoms with Crippen LogP contribution in [0.2, 0.25) is 0 Å². The van der Waals surface area contributed by atoms with Crippen molar-refractivity contribution in [3.63, 3.8) is 0 Å². The monoisotopic (exact) mass is 279 g/mol. The van der Waals surface area contributed by atoms with Crippen molar-refractivity contribution in [1.29, 1.82) is 0 Å². The van der Waals surface area contributed by atoms with Gasteiger partial charge in [-0.25, -0.2) is 9.89 Å². The molecule has 0 unspecified atom stereocenters. The molecule has 0 saturated heterocycles. The van der Waals surface area contributed by atoms with Crippen LogP contribution in [0.4, 0.5) is 0 Å². The summed E-state index contributed by atoms with van der Waals surface area (Å²) in [5, 5.41) is 7.12. The molecule has 0 radical (unpaired) electrons. The van der Waals surface area contributed by atoms with Crippen LogP contribution in [0.5, 0.6) is 0 Å². The largest absolute Gasteiger partial charge is 0.344 e. The van der Waals surface area contributed by atoms with Crippen molar-refractivity contribution < 1.29 is 0 Å². The van der Waals surface area contributed by atoms with E-state index in [2.05, 4.69) is 15.2 Å². The summed E-state index contributed by atoms with van der Waals surface area (Å²) in [6.07, 6.45) is 1.74. The van der Waals surface area contributed by atoms with E-state index < -0.39 is 0 Å². The minimum absolute atomic E-state index is 0.0602. The number of H-pyrrole nitrogens is 1. The highest BCUT2D eigenvalue weighted by molar-refractivity contribution is 7.99. The summed E-state index contributed by atoms with van der Waals surface area (Å²) in [4.78, 5) is 16.8. The summed E-state index contributed by atoms with van der Waals surface area (Å²) in [5.41, 5.74) is 6.40. The summed E-state index contributed by atoms with van der Waals surface area (Å²) in [6.45, 7) is 5.77. The zero-order valence-electron chi connectivity index (χ0n) is 11.1. The average molecular weight is 279 g/mol. The van der Waals surface area contributed by atoms with Crippen molar-refractivity contribution in [3.8, 4) is 0 Å². The zero-order valence-corrected chi connectivity index (χ0v) is 11.9. The van der Waals surface area contributed by atoms with Crippen molar-refractivity contribution >= 4 is 11.8 Å². The molecule has 2 aromatic rings. The van der Waals surface area contributed by atoms with E-state index in [0.717, 1.165) is 10.6 Å². The number of nitrogens with two attached hydrogens (primary N) is 1. The van der Waals surface area contributed by atoms with Crippen LogP contribution in [0.15, 0.2) is 33.2 Å². The second-order valence-electron chi connectivity index (χ2n) is 4.58. The molecular weight excluding hydrogens is 262 g/mol. The van der Waals surface area contributed by atoms with Crippen LogP contribution < -0.4 is 11.4 Å². The average Bonchev–Trinajstić information content (AvgIpc) is 2.71. The maximum Gasteiger partial charge on any atom is 0.344 e. The molecule has 0 saturated carbocycles. The van der Waals surface area contributed by atoms with E-state index in [9.17, 15) is 4.79 Å². The molecule has 2 aromatic heterocycles. The van der Waals surface area contributed by atoms with Crippen LogP contribution in [0, 0.1) is 0 Å². The van der Waals surface area contributed by atoms with E-state index in [0.29, 0.717) is 5.16 Å². The first-order valence-corrected chi connectivity index (χ1v) is 6.87. The van der Waals surface area contributed by atoms with Gasteiger partial charge >= 0.3 is 5.69 Å². The van der Waals surface area contributed by atoms with E-state index in [4.69, 9.17) is 5.73 Å². The van der Waals surface area contributed by atoms with Gasteiger partial charge in [-0.3, -0.25) is 9.55 Å². The number of aromatic nitrogens is 4. The summed E-state index contributed by atoms with van der Waals surface area (Å²) in [5.74, 6) is 0. The third-order valence-electron chi connectivity index (χ3n) is 2.62. The molecule has 2 heterocycles. The molecule has 7 heteroatoms. The van der Waals surface area contributed by atoms with Gasteiger partial charge in [0.25, 0.3) is 0 Å². The van der Waals surface area contributed by atoms with Gasteiger partial charge in [-0.2, -0.15) is 0 Å². The quantitative estimate of drug-likeness (QED) is 0.889. The fourth-order valence-corrected chi connectivity index (χ4v) is 2.58. The molecule has 0 bridgehead atoms. The van der Waals surface area contributed by atoms with Gasteiger partial charge in [-0.15, -0.1) is 5.10 Å². The third kappa shape index (κ3) is 3.05. The summed E-state index contributed by atoms with van der Waals surface area (Å²) < 4.78 is 1.62. The predicted molar refractivity (Wildman–Crippen MR) is 74.2 cm³/mol. The molecule has 0 fully saturated rings. The maximum atomic E-state index is 11.6. The zero-order chi connectivity index (χ0) is 14.0. The normalized spacial score (nSPS) is 12.9. The van der Waals surface area contributed by atoms with Gasteiger partial charge in [0.2, 0.25) is 0 Å². The van der Waals surface area contributed by atoms with Crippen LogP contribution >= 0.6 is 11.8 Å². The Kier molecular flexibility index (Phi) is 4.06. The van der Waals surface area contributed by atoms with Gasteiger partial charge in [0.1, 0.15) is 0 Å². The molecule has 0 spiro atoms. The molecule has 0 aliphatic rings. The minimum Gasteiger partial charge on any atom is -0.323 e. The van der Waals surface area contributed by atoms with E-state index in [-0.39, 0.29) is 17.8 Å². The molecular formula is C12H17N5OS. The van der Waals surface area contributed by atoms with Crippen LogP contribution in [0.25, 0.3) is 0 Å². The fraction of sp³-hybridized carbons (Fsp3) is 0.417. The van der Waals surface area contributed by atoms with Gasteiger partial charge in [0, 0.05) is 23.2 Å². The molecule has 0 aliphatic carbocycles. The number of nitrogens with one attached hydrogen (secondary N) is 1. The molecule has 102 valence electrons. The number of hydrogen-bond donors (Lipinski definition) is 2. The third-order valence-corrected chi connectivity index (χ3v) is 3.57.